The van der Waals surface area contributed by atoms with Crippen molar-refractivity contribution in [3.05, 3.63) is 24.3 Å². The average Bonchev–Trinajstić information content (AvgIpc) is 3.07. The first-order chi connectivity index (χ1) is 11.2. The fourth-order valence-corrected chi connectivity index (χ4v) is 3.64. The van der Waals surface area contributed by atoms with Gasteiger partial charge in [0.05, 0.1) is 0 Å². The van der Waals surface area contributed by atoms with Crippen LogP contribution < -0.4 is 10.6 Å². The van der Waals surface area contributed by atoms with E-state index in [1.54, 1.807) is 11.7 Å². The lowest BCUT2D eigenvalue weighted by atomic mass is 9.92. The van der Waals surface area contributed by atoms with Crippen LogP contribution >= 0.6 is 0 Å². The summed E-state index contributed by atoms with van der Waals surface area (Å²) >= 11 is 0. The molecule has 120 valence electrons. The van der Waals surface area contributed by atoms with Crippen LogP contribution in [0.25, 0.3) is 11.4 Å². The summed E-state index contributed by atoms with van der Waals surface area (Å²) in [7, 11) is 1.80. The van der Waals surface area contributed by atoms with E-state index in [4.69, 9.17) is 0 Å². The van der Waals surface area contributed by atoms with Crippen molar-refractivity contribution in [1.29, 1.82) is 0 Å². The molecule has 7 heteroatoms. The third kappa shape index (κ3) is 2.61. The van der Waals surface area contributed by atoms with E-state index in [2.05, 4.69) is 26.2 Å². The zero-order valence-electron chi connectivity index (χ0n) is 13.1. The molecular formula is C16H20N6O. The molecule has 2 N–H and O–H groups in total. The molecule has 1 spiro atoms. The summed E-state index contributed by atoms with van der Waals surface area (Å²) in [5, 5.41) is 17.9. The lowest BCUT2D eigenvalue weighted by Crippen LogP contribution is -2.31. The molecule has 2 fully saturated rings. The predicted octanol–water partition coefficient (Wildman–Crippen LogP) is 1.21. The summed E-state index contributed by atoms with van der Waals surface area (Å²) < 4.78 is 1.62. The minimum atomic E-state index is 0.139. The van der Waals surface area contributed by atoms with Crippen molar-refractivity contribution < 1.29 is 4.79 Å². The van der Waals surface area contributed by atoms with E-state index in [0.717, 1.165) is 43.6 Å². The van der Waals surface area contributed by atoms with Crippen molar-refractivity contribution in [3.63, 3.8) is 0 Å². The third-order valence-electron chi connectivity index (χ3n) is 5.11. The van der Waals surface area contributed by atoms with E-state index in [9.17, 15) is 4.79 Å². The number of amides is 1. The molecule has 1 aliphatic carbocycles. The summed E-state index contributed by atoms with van der Waals surface area (Å²) in [6.07, 6.45) is 3.24. The van der Waals surface area contributed by atoms with Gasteiger partial charge in [-0.05, 0) is 60.3 Å². The Morgan fingerprint density at radius 3 is 2.96 bits per heavy atom. The summed E-state index contributed by atoms with van der Waals surface area (Å²) in [5.74, 6) is 0.979. The molecule has 1 atom stereocenters. The molecule has 1 saturated heterocycles. The molecule has 23 heavy (non-hydrogen) atoms. The Hall–Kier alpha value is -2.28. The van der Waals surface area contributed by atoms with Crippen molar-refractivity contribution in [1.82, 2.24) is 25.5 Å². The molecule has 1 amide bonds. The molecule has 2 heterocycles. The maximum absolute atomic E-state index is 12.5. The smallest absolute Gasteiger partial charge is 0.228 e. The van der Waals surface area contributed by atoms with Crippen molar-refractivity contribution in [2.75, 3.05) is 18.4 Å². The first-order valence-corrected chi connectivity index (χ1v) is 8.02. The zero-order valence-corrected chi connectivity index (χ0v) is 13.1. The number of rotatable bonds is 3. The highest BCUT2D eigenvalue weighted by Gasteiger charge is 2.57. The maximum atomic E-state index is 12.5. The number of tetrazole rings is 1. The number of carbonyl (C=O) groups is 1. The van der Waals surface area contributed by atoms with E-state index in [1.807, 2.05) is 24.3 Å². The molecule has 0 bridgehead atoms. The number of aryl methyl sites for hydroxylation is 1. The van der Waals surface area contributed by atoms with Gasteiger partial charge in [-0.3, -0.25) is 4.79 Å². The highest BCUT2D eigenvalue weighted by atomic mass is 16.2. The van der Waals surface area contributed by atoms with E-state index in [-0.39, 0.29) is 17.2 Å². The SMILES string of the molecule is Cn1nnnc1-c1cccc(NC(=O)C2CC23CCNCC3)c1. The lowest BCUT2D eigenvalue weighted by molar-refractivity contribution is -0.118. The van der Waals surface area contributed by atoms with Crippen LogP contribution in [0.2, 0.25) is 0 Å². The van der Waals surface area contributed by atoms with Crippen LogP contribution in [-0.4, -0.2) is 39.2 Å². The van der Waals surface area contributed by atoms with Gasteiger partial charge in [0.15, 0.2) is 5.82 Å². The Kier molecular flexibility index (Phi) is 3.37. The van der Waals surface area contributed by atoms with Gasteiger partial charge < -0.3 is 10.6 Å². The van der Waals surface area contributed by atoms with Crippen LogP contribution in [-0.2, 0) is 11.8 Å². The Morgan fingerprint density at radius 2 is 2.22 bits per heavy atom. The van der Waals surface area contributed by atoms with Crippen molar-refractivity contribution in [3.8, 4) is 11.4 Å². The second kappa shape index (κ2) is 5.42. The third-order valence-corrected chi connectivity index (χ3v) is 5.11. The van der Waals surface area contributed by atoms with E-state index < -0.39 is 0 Å². The molecule has 2 aromatic rings. The van der Waals surface area contributed by atoms with Crippen LogP contribution in [0.4, 0.5) is 5.69 Å². The van der Waals surface area contributed by atoms with Gasteiger partial charge in [-0.1, -0.05) is 12.1 Å². The Morgan fingerprint density at radius 1 is 1.39 bits per heavy atom. The van der Waals surface area contributed by atoms with Crippen molar-refractivity contribution in [2.45, 2.75) is 19.3 Å². The van der Waals surface area contributed by atoms with E-state index in [0.29, 0.717) is 5.82 Å². The van der Waals surface area contributed by atoms with Crippen LogP contribution in [0.3, 0.4) is 0 Å². The Balaban J connectivity index is 1.47. The topological polar surface area (TPSA) is 84.7 Å². The largest absolute Gasteiger partial charge is 0.326 e. The number of nitrogens with zero attached hydrogens (tertiary/aromatic N) is 4. The normalized spacial score (nSPS) is 22.0. The van der Waals surface area contributed by atoms with Gasteiger partial charge in [0.2, 0.25) is 5.91 Å². The van der Waals surface area contributed by atoms with Gasteiger partial charge in [-0.15, -0.1) is 5.10 Å². The van der Waals surface area contributed by atoms with Crippen LogP contribution in [0.5, 0.6) is 0 Å². The molecule has 4 rings (SSSR count). The summed E-state index contributed by atoms with van der Waals surface area (Å²) in [4.78, 5) is 12.5. The molecular weight excluding hydrogens is 292 g/mol. The standard InChI is InChI=1S/C16H20N6O/c1-22-14(19-20-21-22)11-3-2-4-12(9-11)18-15(23)13-10-16(13)5-7-17-8-6-16/h2-4,9,13,17H,5-8,10H2,1H3,(H,18,23). The number of benzene rings is 1. The van der Waals surface area contributed by atoms with Gasteiger partial charge in [0.25, 0.3) is 0 Å². The minimum Gasteiger partial charge on any atom is -0.326 e. The number of carbonyl (C=O) groups excluding carboxylic acids is 1. The minimum absolute atomic E-state index is 0.139. The summed E-state index contributed by atoms with van der Waals surface area (Å²) in [6.45, 7) is 2.05. The first kappa shape index (κ1) is 14.3. The number of hydrogen-bond acceptors (Lipinski definition) is 5. The van der Waals surface area contributed by atoms with E-state index >= 15 is 0 Å². The van der Waals surface area contributed by atoms with Gasteiger partial charge in [-0.25, -0.2) is 4.68 Å². The number of hydrogen-bond donors (Lipinski definition) is 2. The van der Waals surface area contributed by atoms with Gasteiger partial charge in [-0.2, -0.15) is 0 Å². The van der Waals surface area contributed by atoms with Crippen molar-refractivity contribution >= 4 is 11.6 Å². The highest BCUT2D eigenvalue weighted by Crippen LogP contribution is 2.58. The monoisotopic (exact) mass is 312 g/mol. The maximum Gasteiger partial charge on any atom is 0.228 e. The zero-order chi connectivity index (χ0) is 15.9. The Labute approximate surface area is 134 Å². The summed E-state index contributed by atoms with van der Waals surface area (Å²) in [5.41, 5.74) is 1.94. The second-order valence-corrected chi connectivity index (χ2v) is 6.57. The van der Waals surface area contributed by atoms with Crippen LogP contribution in [0.15, 0.2) is 24.3 Å². The van der Waals surface area contributed by atoms with Crippen LogP contribution in [0, 0.1) is 11.3 Å². The molecule has 1 saturated carbocycles. The molecule has 1 aromatic carbocycles. The Bertz CT molecular complexity index is 734. The van der Waals surface area contributed by atoms with Crippen LogP contribution in [0.1, 0.15) is 19.3 Å². The fourth-order valence-electron chi connectivity index (χ4n) is 3.64. The fraction of sp³-hybridized carbons (Fsp3) is 0.500. The quantitative estimate of drug-likeness (QED) is 0.890. The molecule has 1 aromatic heterocycles. The van der Waals surface area contributed by atoms with Crippen molar-refractivity contribution in [2.24, 2.45) is 18.4 Å². The van der Waals surface area contributed by atoms with E-state index in [1.165, 1.54) is 0 Å². The number of anilines is 1. The van der Waals surface area contributed by atoms with Gasteiger partial charge in [0, 0.05) is 24.2 Å². The number of piperidine rings is 1. The summed E-state index contributed by atoms with van der Waals surface area (Å²) in [6, 6.07) is 7.67. The first-order valence-electron chi connectivity index (χ1n) is 8.02. The molecule has 7 nitrogen and oxygen atoms in total. The van der Waals surface area contributed by atoms with Gasteiger partial charge >= 0.3 is 0 Å². The molecule has 1 aliphatic heterocycles. The number of aromatic nitrogens is 4. The second-order valence-electron chi connectivity index (χ2n) is 6.57. The highest BCUT2D eigenvalue weighted by molar-refractivity contribution is 5.95. The molecule has 0 radical (unpaired) electrons. The molecule has 1 unspecified atom stereocenters. The molecule has 2 aliphatic rings. The number of nitrogens with one attached hydrogen (secondary N) is 2. The predicted molar refractivity (Wildman–Crippen MR) is 85.5 cm³/mol. The van der Waals surface area contributed by atoms with Gasteiger partial charge in [0.1, 0.15) is 0 Å². The lowest BCUT2D eigenvalue weighted by Gasteiger charge is -2.23. The average molecular weight is 312 g/mol.